The van der Waals surface area contributed by atoms with E-state index < -0.39 is 11.1 Å². The molecule has 2 amide bonds. The van der Waals surface area contributed by atoms with Gasteiger partial charge in [-0.05, 0) is 35.5 Å². The standard InChI is InChI=1S/C14H10BrNO4S/c1-3-4-16-13(18)12(21-14(16)19)6-8-5-11(20-2)10(17)7-9(8)15/h1,5-7,17H,4H2,2H3/b12-6+. The number of thioether (sulfide) groups is 1. The summed E-state index contributed by atoms with van der Waals surface area (Å²) in [5.41, 5.74) is 0.607. The molecule has 1 heterocycles. The Labute approximate surface area is 134 Å². The quantitative estimate of drug-likeness (QED) is 0.657. The third-order valence-corrected chi connectivity index (χ3v) is 4.30. The molecule has 1 aliphatic heterocycles. The average molecular weight is 368 g/mol. The summed E-state index contributed by atoms with van der Waals surface area (Å²) >= 11 is 4.11. The summed E-state index contributed by atoms with van der Waals surface area (Å²) < 4.78 is 5.59. The highest BCUT2D eigenvalue weighted by Gasteiger charge is 2.34. The van der Waals surface area contributed by atoms with Crippen LogP contribution in [-0.4, -0.2) is 34.8 Å². The molecule has 1 aromatic rings. The first-order valence-corrected chi connectivity index (χ1v) is 7.34. The lowest BCUT2D eigenvalue weighted by Crippen LogP contribution is -2.28. The molecule has 0 saturated carbocycles. The molecule has 108 valence electrons. The number of hydrogen-bond acceptors (Lipinski definition) is 5. The van der Waals surface area contributed by atoms with Crippen LogP contribution in [0.15, 0.2) is 21.5 Å². The topological polar surface area (TPSA) is 66.8 Å². The van der Waals surface area contributed by atoms with Crippen LogP contribution in [0.2, 0.25) is 0 Å². The third-order valence-electron chi connectivity index (χ3n) is 2.71. The molecule has 7 heteroatoms. The second-order valence-corrected chi connectivity index (χ2v) is 5.87. The highest BCUT2D eigenvalue weighted by molar-refractivity contribution is 9.10. The molecule has 1 saturated heterocycles. The normalized spacial score (nSPS) is 16.4. The lowest BCUT2D eigenvalue weighted by atomic mass is 10.2. The van der Waals surface area contributed by atoms with Gasteiger partial charge in [0.2, 0.25) is 0 Å². The van der Waals surface area contributed by atoms with Crippen LogP contribution in [0.25, 0.3) is 6.08 Å². The Kier molecular flexibility index (Phi) is 4.60. The number of hydrogen-bond donors (Lipinski definition) is 1. The molecule has 1 aliphatic rings. The number of methoxy groups -OCH3 is 1. The van der Waals surface area contributed by atoms with Crippen molar-refractivity contribution in [1.29, 1.82) is 0 Å². The fraction of sp³-hybridized carbons (Fsp3) is 0.143. The number of amides is 2. The molecular formula is C14H10BrNO4S. The minimum Gasteiger partial charge on any atom is -0.504 e. The number of carbonyl (C=O) groups excluding carboxylic acids is 2. The zero-order chi connectivity index (χ0) is 15.6. The summed E-state index contributed by atoms with van der Waals surface area (Å²) in [4.78, 5) is 25.0. The first-order chi connectivity index (χ1) is 9.97. The van der Waals surface area contributed by atoms with E-state index in [1.165, 1.54) is 13.2 Å². The summed E-state index contributed by atoms with van der Waals surface area (Å²) in [5, 5.41) is 9.25. The summed E-state index contributed by atoms with van der Waals surface area (Å²) in [6.07, 6.45) is 6.68. The number of phenols is 1. The second-order valence-electron chi connectivity index (χ2n) is 4.02. The Morgan fingerprint density at radius 3 is 2.86 bits per heavy atom. The van der Waals surface area contributed by atoms with Crippen LogP contribution in [0.4, 0.5) is 4.79 Å². The molecule has 0 bridgehead atoms. The van der Waals surface area contributed by atoms with Crippen molar-refractivity contribution in [3.8, 4) is 23.8 Å². The highest BCUT2D eigenvalue weighted by atomic mass is 79.9. The van der Waals surface area contributed by atoms with Gasteiger partial charge in [0, 0.05) is 4.47 Å². The molecule has 0 atom stereocenters. The molecule has 21 heavy (non-hydrogen) atoms. The average Bonchev–Trinajstić information content (AvgIpc) is 2.70. The number of rotatable bonds is 3. The van der Waals surface area contributed by atoms with Crippen LogP contribution in [0.1, 0.15) is 5.56 Å². The fourth-order valence-corrected chi connectivity index (χ4v) is 2.98. The second kappa shape index (κ2) is 6.24. The fourth-order valence-electron chi connectivity index (χ4n) is 1.70. The van der Waals surface area contributed by atoms with Gasteiger partial charge in [-0.3, -0.25) is 14.5 Å². The monoisotopic (exact) mass is 367 g/mol. The SMILES string of the molecule is C#CCN1C(=O)S/C(=C/c2cc(OC)c(O)cc2Br)C1=O. The van der Waals surface area contributed by atoms with Crippen LogP contribution in [-0.2, 0) is 4.79 Å². The van der Waals surface area contributed by atoms with E-state index in [-0.39, 0.29) is 22.9 Å². The summed E-state index contributed by atoms with van der Waals surface area (Å²) in [6.45, 7) is -0.0535. The summed E-state index contributed by atoms with van der Waals surface area (Å²) in [6, 6.07) is 3.02. The maximum Gasteiger partial charge on any atom is 0.294 e. The van der Waals surface area contributed by atoms with Gasteiger partial charge in [-0.2, -0.15) is 0 Å². The van der Waals surface area contributed by atoms with Gasteiger partial charge < -0.3 is 9.84 Å². The van der Waals surface area contributed by atoms with Crippen LogP contribution in [0, 0.1) is 12.3 Å². The molecule has 1 fully saturated rings. The van der Waals surface area contributed by atoms with Crippen LogP contribution < -0.4 is 4.74 Å². The number of phenolic OH excluding ortho intramolecular Hbond substituents is 1. The number of carbonyl (C=O) groups is 2. The van der Waals surface area contributed by atoms with E-state index in [4.69, 9.17) is 11.2 Å². The van der Waals surface area contributed by atoms with E-state index in [2.05, 4.69) is 21.9 Å². The van der Waals surface area contributed by atoms with Crippen molar-refractivity contribution in [3.63, 3.8) is 0 Å². The van der Waals surface area contributed by atoms with E-state index in [9.17, 15) is 14.7 Å². The van der Waals surface area contributed by atoms with Gasteiger partial charge in [0.05, 0.1) is 18.6 Å². The molecule has 0 unspecified atom stereocenters. The minimum atomic E-state index is -0.429. The molecule has 2 rings (SSSR count). The maximum atomic E-state index is 12.1. The van der Waals surface area contributed by atoms with E-state index in [1.807, 2.05) is 0 Å². The van der Waals surface area contributed by atoms with E-state index in [0.717, 1.165) is 16.7 Å². The van der Waals surface area contributed by atoms with Gasteiger partial charge in [0.1, 0.15) is 0 Å². The summed E-state index contributed by atoms with van der Waals surface area (Å²) in [7, 11) is 1.42. The van der Waals surface area contributed by atoms with Crippen molar-refractivity contribution in [2.24, 2.45) is 0 Å². The number of halogens is 1. The number of ether oxygens (including phenoxy) is 1. The highest BCUT2D eigenvalue weighted by Crippen LogP contribution is 2.37. The molecule has 1 aromatic carbocycles. The maximum absolute atomic E-state index is 12.1. The van der Waals surface area contributed by atoms with Crippen LogP contribution >= 0.6 is 27.7 Å². The number of imide groups is 1. The summed E-state index contributed by atoms with van der Waals surface area (Å²) in [5.74, 6) is 2.09. The lowest BCUT2D eigenvalue weighted by Gasteiger charge is -2.08. The van der Waals surface area contributed by atoms with Gasteiger partial charge in [-0.25, -0.2) is 0 Å². The molecule has 5 nitrogen and oxygen atoms in total. The Morgan fingerprint density at radius 2 is 2.24 bits per heavy atom. The number of aromatic hydroxyl groups is 1. The van der Waals surface area contributed by atoms with E-state index >= 15 is 0 Å². The Balaban J connectivity index is 2.39. The molecule has 0 aliphatic carbocycles. The smallest absolute Gasteiger partial charge is 0.294 e. The van der Waals surface area contributed by atoms with Gasteiger partial charge in [-0.1, -0.05) is 21.9 Å². The van der Waals surface area contributed by atoms with Crippen molar-refractivity contribution in [2.45, 2.75) is 0 Å². The van der Waals surface area contributed by atoms with Gasteiger partial charge in [0.25, 0.3) is 11.1 Å². The molecular weight excluding hydrogens is 358 g/mol. The number of benzene rings is 1. The molecule has 0 radical (unpaired) electrons. The van der Waals surface area contributed by atoms with Gasteiger partial charge in [0.15, 0.2) is 11.5 Å². The van der Waals surface area contributed by atoms with Crippen LogP contribution in [0.5, 0.6) is 11.5 Å². The Hall–Kier alpha value is -1.91. The van der Waals surface area contributed by atoms with Gasteiger partial charge >= 0.3 is 0 Å². The molecule has 1 N–H and O–H groups in total. The largest absolute Gasteiger partial charge is 0.504 e. The van der Waals surface area contributed by atoms with Crippen molar-refractivity contribution in [3.05, 3.63) is 27.1 Å². The minimum absolute atomic E-state index is 0.0260. The zero-order valence-electron chi connectivity index (χ0n) is 10.9. The first-order valence-electron chi connectivity index (χ1n) is 5.73. The van der Waals surface area contributed by atoms with Crippen molar-refractivity contribution < 1.29 is 19.4 Å². The number of terminal acetylenes is 1. The van der Waals surface area contributed by atoms with E-state index in [0.29, 0.717) is 10.0 Å². The van der Waals surface area contributed by atoms with Crippen molar-refractivity contribution in [2.75, 3.05) is 13.7 Å². The Morgan fingerprint density at radius 1 is 1.52 bits per heavy atom. The lowest BCUT2D eigenvalue weighted by molar-refractivity contribution is -0.122. The van der Waals surface area contributed by atoms with Crippen molar-refractivity contribution in [1.82, 2.24) is 4.90 Å². The third kappa shape index (κ3) is 3.06. The van der Waals surface area contributed by atoms with E-state index in [1.54, 1.807) is 12.1 Å². The predicted octanol–water partition coefficient (Wildman–Crippen LogP) is 2.83. The Bertz CT molecular complexity index is 693. The van der Waals surface area contributed by atoms with Gasteiger partial charge in [-0.15, -0.1) is 6.42 Å². The van der Waals surface area contributed by atoms with Crippen LogP contribution in [0.3, 0.4) is 0 Å². The van der Waals surface area contributed by atoms with Crippen molar-refractivity contribution >= 4 is 44.9 Å². The molecule has 0 spiro atoms. The zero-order valence-corrected chi connectivity index (χ0v) is 13.3. The molecule has 0 aromatic heterocycles. The predicted molar refractivity (Wildman–Crippen MR) is 83.9 cm³/mol. The first kappa shape index (κ1) is 15.5. The number of nitrogens with zero attached hydrogens (tertiary/aromatic N) is 1.